The van der Waals surface area contributed by atoms with Crippen LogP contribution >= 0.6 is 0 Å². The molecule has 2 aromatic carbocycles. The summed E-state index contributed by atoms with van der Waals surface area (Å²) in [6.07, 6.45) is 0. The highest BCUT2D eigenvalue weighted by Crippen LogP contribution is 2.28. The number of hydrogen-bond donors (Lipinski definition) is 1. The van der Waals surface area contributed by atoms with Crippen LogP contribution in [-0.4, -0.2) is 37.5 Å². The van der Waals surface area contributed by atoms with E-state index in [1.165, 1.54) is 17.0 Å². The number of hydrogen-bond acceptors (Lipinski definition) is 6. The van der Waals surface area contributed by atoms with E-state index >= 15 is 0 Å². The zero-order valence-electron chi connectivity index (χ0n) is 14.4. The molecule has 0 aliphatic carbocycles. The molecule has 0 aliphatic heterocycles. The lowest BCUT2D eigenvalue weighted by Crippen LogP contribution is -2.21. The smallest absolute Gasteiger partial charge is 0.338 e. The lowest BCUT2D eigenvalue weighted by atomic mass is 10.1. The molecule has 10 heteroatoms. The zero-order chi connectivity index (χ0) is 20.1. The Bertz CT molecular complexity index is 902. The molecule has 8 nitrogen and oxygen atoms in total. The zero-order valence-corrected chi connectivity index (χ0v) is 14.4. The highest BCUT2D eigenvalue weighted by molar-refractivity contribution is 5.96. The lowest BCUT2D eigenvalue weighted by molar-refractivity contribution is -0.384. The summed E-state index contributed by atoms with van der Waals surface area (Å²) < 4.78 is 31.3. The van der Waals surface area contributed by atoms with Crippen LogP contribution in [0.5, 0.6) is 0 Å². The molecule has 0 radical (unpaired) electrons. The fourth-order valence-corrected chi connectivity index (χ4v) is 2.17. The van der Waals surface area contributed by atoms with Crippen LogP contribution in [0.3, 0.4) is 0 Å². The van der Waals surface area contributed by atoms with Crippen molar-refractivity contribution in [3.63, 3.8) is 0 Å². The van der Waals surface area contributed by atoms with Gasteiger partial charge in [-0.25, -0.2) is 13.6 Å². The molecule has 142 valence electrons. The van der Waals surface area contributed by atoms with Crippen molar-refractivity contribution in [2.45, 2.75) is 0 Å². The predicted molar refractivity (Wildman–Crippen MR) is 92.7 cm³/mol. The Morgan fingerprint density at radius 1 is 1.19 bits per heavy atom. The van der Waals surface area contributed by atoms with Crippen LogP contribution in [-0.2, 0) is 9.53 Å². The maximum Gasteiger partial charge on any atom is 0.338 e. The number of halogens is 2. The molecule has 2 aromatic rings. The number of rotatable bonds is 6. The number of nitro groups is 1. The third kappa shape index (κ3) is 4.97. The summed E-state index contributed by atoms with van der Waals surface area (Å²) in [4.78, 5) is 35.7. The molecular weight excluding hydrogens is 364 g/mol. The van der Waals surface area contributed by atoms with Crippen LogP contribution in [0.1, 0.15) is 10.4 Å². The first-order valence-electron chi connectivity index (χ1n) is 7.57. The van der Waals surface area contributed by atoms with E-state index in [2.05, 4.69) is 5.32 Å². The van der Waals surface area contributed by atoms with Crippen LogP contribution in [0.25, 0.3) is 0 Å². The molecule has 27 heavy (non-hydrogen) atoms. The van der Waals surface area contributed by atoms with Crippen molar-refractivity contribution in [2.75, 3.05) is 30.9 Å². The Morgan fingerprint density at radius 3 is 2.52 bits per heavy atom. The summed E-state index contributed by atoms with van der Waals surface area (Å²) in [7, 11) is 3.21. The molecule has 1 amide bonds. The molecule has 1 N–H and O–H groups in total. The Labute approximate surface area is 152 Å². The van der Waals surface area contributed by atoms with Crippen LogP contribution in [0.4, 0.5) is 25.8 Å². The van der Waals surface area contributed by atoms with E-state index in [9.17, 15) is 28.5 Å². The molecule has 0 unspecified atom stereocenters. The molecule has 0 saturated carbocycles. The predicted octanol–water partition coefficient (Wildman–Crippen LogP) is 2.73. The minimum atomic E-state index is -0.974. The third-order valence-electron chi connectivity index (χ3n) is 3.43. The van der Waals surface area contributed by atoms with Crippen molar-refractivity contribution in [1.82, 2.24) is 0 Å². The maximum absolute atomic E-state index is 13.5. The highest BCUT2D eigenvalue weighted by Gasteiger charge is 2.20. The number of nitro benzene ring substituents is 1. The van der Waals surface area contributed by atoms with Crippen molar-refractivity contribution in [3.05, 3.63) is 63.7 Å². The number of esters is 1. The summed E-state index contributed by atoms with van der Waals surface area (Å²) in [5, 5.41) is 13.2. The van der Waals surface area contributed by atoms with E-state index in [0.717, 1.165) is 24.3 Å². The van der Waals surface area contributed by atoms with E-state index in [4.69, 9.17) is 4.74 Å². The average molecular weight is 379 g/mol. The molecule has 2 rings (SSSR count). The molecule has 0 heterocycles. The van der Waals surface area contributed by atoms with Gasteiger partial charge in [-0.3, -0.25) is 14.9 Å². The molecule has 0 fully saturated rings. The standard InChI is InChI=1S/C17H15F2N3O5/c1-21(2)14-6-3-10(7-15(14)22(25)26)17(24)27-9-16(23)20-13-8-11(18)4-5-12(13)19/h3-8H,9H2,1-2H3,(H,20,23). The van der Waals surface area contributed by atoms with Gasteiger partial charge in [-0.05, 0) is 24.3 Å². The van der Waals surface area contributed by atoms with Gasteiger partial charge < -0.3 is 15.0 Å². The summed E-state index contributed by atoms with van der Waals surface area (Å²) in [6.45, 7) is -0.780. The van der Waals surface area contributed by atoms with Crippen LogP contribution in [0.15, 0.2) is 36.4 Å². The second kappa shape index (κ2) is 8.21. The monoisotopic (exact) mass is 379 g/mol. The number of nitrogens with one attached hydrogen (secondary N) is 1. The normalized spacial score (nSPS) is 10.2. The number of benzene rings is 2. The van der Waals surface area contributed by atoms with E-state index in [1.54, 1.807) is 14.1 Å². The third-order valence-corrected chi connectivity index (χ3v) is 3.43. The molecular formula is C17H15F2N3O5. The van der Waals surface area contributed by atoms with E-state index in [1.807, 2.05) is 0 Å². The minimum Gasteiger partial charge on any atom is -0.452 e. The lowest BCUT2D eigenvalue weighted by Gasteiger charge is -2.13. The topological polar surface area (TPSA) is 102 Å². The molecule has 0 aromatic heterocycles. The molecule has 0 aliphatic rings. The van der Waals surface area contributed by atoms with Gasteiger partial charge in [0, 0.05) is 26.2 Å². The Morgan fingerprint density at radius 2 is 1.89 bits per heavy atom. The summed E-state index contributed by atoms with van der Waals surface area (Å²) in [5.74, 6) is -3.48. The molecule has 0 spiro atoms. The Hall–Kier alpha value is -3.56. The Balaban J connectivity index is 2.05. The minimum absolute atomic E-state index is 0.128. The van der Waals surface area contributed by atoms with E-state index in [-0.39, 0.29) is 16.9 Å². The van der Waals surface area contributed by atoms with E-state index in [0.29, 0.717) is 0 Å². The second-order valence-electron chi connectivity index (χ2n) is 5.60. The van der Waals surface area contributed by atoms with Gasteiger partial charge in [-0.15, -0.1) is 0 Å². The van der Waals surface area contributed by atoms with Crippen LogP contribution < -0.4 is 10.2 Å². The van der Waals surface area contributed by atoms with Gasteiger partial charge in [0.05, 0.1) is 16.2 Å². The fraction of sp³-hybridized carbons (Fsp3) is 0.176. The van der Waals surface area contributed by atoms with Crippen molar-refractivity contribution in [1.29, 1.82) is 0 Å². The fourth-order valence-electron chi connectivity index (χ4n) is 2.17. The largest absolute Gasteiger partial charge is 0.452 e. The van der Waals surface area contributed by atoms with Gasteiger partial charge >= 0.3 is 5.97 Å². The van der Waals surface area contributed by atoms with Crippen molar-refractivity contribution in [3.8, 4) is 0 Å². The van der Waals surface area contributed by atoms with Gasteiger partial charge in [0.2, 0.25) is 0 Å². The molecule has 0 bridgehead atoms. The molecule has 0 atom stereocenters. The highest BCUT2D eigenvalue weighted by atomic mass is 19.1. The van der Waals surface area contributed by atoms with Crippen LogP contribution in [0, 0.1) is 21.7 Å². The first kappa shape index (κ1) is 19.8. The summed E-state index contributed by atoms with van der Waals surface area (Å²) in [6, 6.07) is 6.21. The number of ether oxygens (including phenoxy) is 1. The number of carbonyl (C=O) groups is 2. The molecule has 0 saturated heterocycles. The quantitative estimate of drug-likeness (QED) is 0.470. The first-order chi connectivity index (χ1) is 12.7. The van der Waals surface area contributed by atoms with Crippen molar-refractivity contribution >= 4 is 28.9 Å². The summed E-state index contributed by atoms with van der Waals surface area (Å²) in [5.41, 5.74) is -0.546. The number of nitrogens with zero attached hydrogens (tertiary/aromatic N) is 2. The van der Waals surface area contributed by atoms with Crippen molar-refractivity contribution in [2.24, 2.45) is 0 Å². The number of amides is 1. The van der Waals surface area contributed by atoms with E-state index < -0.39 is 40.7 Å². The van der Waals surface area contributed by atoms with Gasteiger partial charge in [-0.1, -0.05) is 0 Å². The number of carbonyl (C=O) groups excluding carboxylic acids is 2. The second-order valence-corrected chi connectivity index (χ2v) is 5.60. The summed E-state index contributed by atoms with van der Waals surface area (Å²) >= 11 is 0. The van der Waals surface area contributed by atoms with Crippen molar-refractivity contribution < 1.29 is 28.0 Å². The Kier molecular flexibility index (Phi) is 6.01. The first-order valence-corrected chi connectivity index (χ1v) is 7.57. The van der Waals surface area contributed by atoms with Gasteiger partial charge in [-0.2, -0.15) is 0 Å². The average Bonchev–Trinajstić information content (AvgIpc) is 2.62. The van der Waals surface area contributed by atoms with Gasteiger partial charge in [0.15, 0.2) is 6.61 Å². The van der Waals surface area contributed by atoms with Crippen LogP contribution in [0.2, 0.25) is 0 Å². The van der Waals surface area contributed by atoms with Gasteiger partial charge in [0.1, 0.15) is 17.3 Å². The SMILES string of the molecule is CN(C)c1ccc(C(=O)OCC(=O)Nc2cc(F)ccc2F)cc1[N+](=O)[O-]. The maximum atomic E-state index is 13.5. The van der Waals surface area contributed by atoms with Gasteiger partial charge in [0.25, 0.3) is 11.6 Å². The number of anilines is 2.